The summed E-state index contributed by atoms with van der Waals surface area (Å²) in [5.74, 6) is -0.932. The fourth-order valence-corrected chi connectivity index (χ4v) is 3.86. The van der Waals surface area contributed by atoms with E-state index in [1.807, 2.05) is 0 Å². The third kappa shape index (κ3) is 5.14. The highest BCUT2D eigenvalue weighted by Crippen LogP contribution is 2.17. The number of nitrogens with one attached hydrogen (secondary N) is 1. The molecule has 0 radical (unpaired) electrons. The van der Waals surface area contributed by atoms with Gasteiger partial charge in [-0.15, -0.1) is 0 Å². The molecule has 0 saturated carbocycles. The summed E-state index contributed by atoms with van der Waals surface area (Å²) in [5.41, 5.74) is 1.37. The van der Waals surface area contributed by atoms with Crippen LogP contribution in [-0.2, 0) is 27.2 Å². The highest BCUT2D eigenvalue weighted by Gasteiger charge is 2.17. The monoisotopic (exact) mass is 463 g/mol. The second kappa shape index (κ2) is 10.3. The maximum absolute atomic E-state index is 12.8. The molecule has 0 spiro atoms. The molecule has 4 rings (SSSR count). The van der Waals surface area contributed by atoms with Crippen LogP contribution in [0, 0.1) is 0 Å². The van der Waals surface area contributed by atoms with E-state index in [2.05, 4.69) is 10.3 Å². The summed E-state index contributed by atoms with van der Waals surface area (Å²) in [6.07, 6.45) is 3.69. The molecule has 3 aromatic rings. The van der Waals surface area contributed by atoms with Crippen LogP contribution in [-0.4, -0.2) is 40.6 Å². The number of esters is 2. The molecule has 0 saturated heterocycles. The highest BCUT2D eigenvalue weighted by molar-refractivity contribution is 5.97. The SMILES string of the molecule is CCOC(=O)c1ccc(NC(=O)COC(=O)c2ccc3c(=O)n4c(nc3c2)CCCCC4)cc1. The van der Waals surface area contributed by atoms with Crippen LogP contribution in [0.25, 0.3) is 10.9 Å². The Morgan fingerprint density at radius 1 is 0.971 bits per heavy atom. The Labute approximate surface area is 195 Å². The zero-order valence-corrected chi connectivity index (χ0v) is 18.8. The van der Waals surface area contributed by atoms with E-state index in [1.165, 1.54) is 24.3 Å². The minimum atomic E-state index is -0.688. The Bertz CT molecular complexity index is 1300. The summed E-state index contributed by atoms with van der Waals surface area (Å²) in [5, 5.41) is 3.05. The Morgan fingerprint density at radius 3 is 2.47 bits per heavy atom. The molecule has 0 unspecified atom stereocenters. The second-order valence-corrected chi connectivity index (χ2v) is 7.95. The molecule has 1 aromatic heterocycles. The molecule has 2 heterocycles. The van der Waals surface area contributed by atoms with Gasteiger partial charge in [-0.2, -0.15) is 0 Å². The lowest BCUT2D eigenvalue weighted by Gasteiger charge is -2.11. The van der Waals surface area contributed by atoms with E-state index in [-0.39, 0.29) is 17.7 Å². The Kier molecular flexibility index (Phi) is 7.01. The predicted molar refractivity (Wildman–Crippen MR) is 125 cm³/mol. The number of carbonyl (C=O) groups is 3. The average Bonchev–Trinajstić information content (AvgIpc) is 3.08. The molecule has 0 aliphatic carbocycles. The number of anilines is 1. The van der Waals surface area contributed by atoms with Gasteiger partial charge in [0.1, 0.15) is 5.82 Å². The van der Waals surface area contributed by atoms with E-state index in [0.717, 1.165) is 31.5 Å². The van der Waals surface area contributed by atoms with Crippen molar-refractivity contribution in [3.8, 4) is 0 Å². The third-order valence-corrected chi connectivity index (χ3v) is 5.57. The van der Waals surface area contributed by atoms with Crippen molar-refractivity contribution in [2.75, 3.05) is 18.5 Å². The number of nitrogens with zero attached hydrogens (tertiary/aromatic N) is 2. The van der Waals surface area contributed by atoms with Gasteiger partial charge in [-0.25, -0.2) is 14.6 Å². The molecule has 9 nitrogen and oxygen atoms in total. The smallest absolute Gasteiger partial charge is 0.338 e. The van der Waals surface area contributed by atoms with Gasteiger partial charge in [-0.3, -0.25) is 14.2 Å². The fourth-order valence-electron chi connectivity index (χ4n) is 3.86. The van der Waals surface area contributed by atoms with Crippen LogP contribution in [0.2, 0.25) is 0 Å². The Morgan fingerprint density at radius 2 is 1.71 bits per heavy atom. The number of benzene rings is 2. The van der Waals surface area contributed by atoms with Crippen LogP contribution in [0.3, 0.4) is 0 Å². The number of ether oxygens (including phenoxy) is 2. The number of carbonyl (C=O) groups excluding carboxylic acids is 3. The molecule has 0 atom stereocenters. The fraction of sp³-hybridized carbons (Fsp3) is 0.320. The zero-order valence-electron chi connectivity index (χ0n) is 18.8. The molecule has 176 valence electrons. The van der Waals surface area contributed by atoms with Gasteiger partial charge in [-0.05, 0) is 62.2 Å². The Balaban J connectivity index is 1.39. The number of fused-ring (bicyclic) bond motifs is 2. The molecule has 0 bridgehead atoms. The first-order valence-corrected chi connectivity index (χ1v) is 11.2. The predicted octanol–water partition coefficient (Wildman–Crippen LogP) is 3.10. The molecule has 1 amide bonds. The third-order valence-electron chi connectivity index (χ3n) is 5.57. The van der Waals surface area contributed by atoms with Gasteiger partial charge >= 0.3 is 11.9 Å². The number of hydrogen-bond acceptors (Lipinski definition) is 7. The molecule has 0 fully saturated rings. The van der Waals surface area contributed by atoms with Gasteiger partial charge in [0.2, 0.25) is 0 Å². The minimum absolute atomic E-state index is 0.102. The van der Waals surface area contributed by atoms with Crippen LogP contribution >= 0.6 is 0 Å². The van der Waals surface area contributed by atoms with Crippen molar-refractivity contribution in [3.05, 3.63) is 69.8 Å². The number of rotatable bonds is 6. The lowest BCUT2D eigenvalue weighted by Crippen LogP contribution is -2.25. The molecule has 1 aliphatic rings. The molecule has 34 heavy (non-hydrogen) atoms. The summed E-state index contributed by atoms with van der Waals surface area (Å²) in [7, 11) is 0. The minimum Gasteiger partial charge on any atom is -0.462 e. The van der Waals surface area contributed by atoms with Crippen molar-refractivity contribution in [1.82, 2.24) is 9.55 Å². The average molecular weight is 463 g/mol. The first-order chi connectivity index (χ1) is 16.5. The van der Waals surface area contributed by atoms with Gasteiger partial charge in [-0.1, -0.05) is 6.42 Å². The normalized spacial score (nSPS) is 13.0. The second-order valence-electron chi connectivity index (χ2n) is 7.95. The molecular weight excluding hydrogens is 438 g/mol. The maximum Gasteiger partial charge on any atom is 0.338 e. The van der Waals surface area contributed by atoms with Crippen molar-refractivity contribution < 1.29 is 23.9 Å². The highest BCUT2D eigenvalue weighted by atomic mass is 16.5. The van der Waals surface area contributed by atoms with E-state index in [4.69, 9.17) is 9.47 Å². The van der Waals surface area contributed by atoms with Gasteiger partial charge in [0, 0.05) is 18.7 Å². The van der Waals surface area contributed by atoms with Crippen LogP contribution in [0.5, 0.6) is 0 Å². The van der Waals surface area contributed by atoms with Crippen molar-refractivity contribution in [3.63, 3.8) is 0 Å². The molecular formula is C25H25N3O6. The molecule has 9 heteroatoms. The van der Waals surface area contributed by atoms with Crippen molar-refractivity contribution in [2.45, 2.75) is 39.2 Å². The van der Waals surface area contributed by atoms with Gasteiger partial charge in [0.25, 0.3) is 11.5 Å². The van der Waals surface area contributed by atoms with Crippen molar-refractivity contribution in [1.29, 1.82) is 0 Å². The lowest BCUT2D eigenvalue weighted by molar-refractivity contribution is -0.119. The van der Waals surface area contributed by atoms with E-state index in [1.54, 1.807) is 29.7 Å². The summed E-state index contributed by atoms with van der Waals surface area (Å²) in [6.45, 7) is 2.16. The summed E-state index contributed by atoms with van der Waals surface area (Å²) >= 11 is 0. The van der Waals surface area contributed by atoms with Crippen LogP contribution in [0.1, 0.15) is 52.7 Å². The first-order valence-electron chi connectivity index (χ1n) is 11.2. The quantitative estimate of drug-likeness (QED) is 0.558. The van der Waals surface area contributed by atoms with E-state index in [0.29, 0.717) is 28.7 Å². The summed E-state index contributed by atoms with van der Waals surface area (Å²) in [6, 6.07) is 10.8. The van der Waals surface area contributed by atoms with Gasteiger partial charge < -0.3 is 14.8 Å². The van der Waals surface area contributed by atoms with E-state index < -0.39 is 24.5 Å². The molecule has 1 aliphatic heterocycles. The van der Waals surface area contributed by atoms with Crippen molar-refractivity contribution in [2.24, 2.45) is 0 Å². The van der Waals surface area contributed by atoms with Crippen LogP contribution in [0.4, 0.5) is 5.69 Å². The number of aromatic nitrogens is 2. The lowest BCUT2D eigenvalue weighted by atomic mass is 10.1. The topological polar surface area (TPSA) is 117 Å². The summed E-state index contributed by atoms with van der Waals surface area (Å²) in [4.78, 5) is 53.8. The number of hydrogen-bond donors (Lipinski definition) is 1. The van der Waals surface area contributed by atoms with Crippen LogP contribution < -0.4 is 10.9 Å². The number of aryl methyl sites for hydroxylation is 1. The first kappa shape index (κ1) is 23.2. The van der Waals surface area contributed by atoms with E-state index >= 15 is 0 Å². The summed E-state index contributed by atoms with van der Waals surface area (Å²) < 4.78 is 11.8. The molecule has 1 N–H and O–H groups in total. The van der Waals surface area contributed by atoms with Gasteiger partial charge in [0.05, 0.1) is 28.6 Å². The maximum atomic E-state index is 12.8. The molecule has 2 aromatic carbocycles. The van der Waals surface area contributed by atoms with Gasteiger partial charge in [0.15, 0.2) is 6.61 Å². The van der Waals surface area contributed by atoms with Crippen molar-refractivity contribution >= 4 is 34.4 Å². The standard InChI is InChI=1S/C25H25N3O6/c1-2-33-24(31)16-7-10-18(11-8-16)26-22(29)15-34-25(32)17-9-12-19-20(14-17)27-21-6-4-3-5-13-28(21)23(19)30/h7-12,14H,2-6,13,15H2,1H3,(H,26,29). The Hall–Kier alpha value is -4.01. The van der Waals surface area contributed by atoms with E-state index in [9.17, 15) is 19.2 Å². The van der Waals surface area contributed by atoms with Crippen LogP contribution in [0.15, 0.2) is 47.3 Å². The largest absolute Gasteiger partial charge is 0.462 e. The number of amides is 1. The zero-order chi connectivity index (χ0) is 24.1.